The Balaban J connectivity index is 1.99. The highest BCUT2D eigenvalue weighted by atomic mass is 16.5. The molecule has 2 N–H and O–H groups in total. The molecule has 3 aromatic rings. The van der Waals surface area contributed by atoms with Crippen LogP contribution in [0.3, 0.4) is 0 Å². The average Bonchev–Trinajstić information content (AvgIpc) is 2.91. The number of H-pyrrole nitrogens is 1. The number of phenols is 1. The lowest BCUT2D eigenvalue weighted by molar-refractivity contribution is 0.104. The molecule has 0 fully saturated rings. The van der Waals surface area contributed by atoms with E-state index in [0.717, 1.165) is 0 Å². The number of aromatic amines is 1. The van der Waals surface area contributed by atoms with E-state index in [1.165, 1.54) is 25.6 Å². The summed E-state index contributed by atoms with van der Waals surface area (Å²) in [6, 6.07) is 4.69. The van der Waals surface area contributed by atoms with Crippen molar-refractivity contribution in [3.8, 4) is 11.5 Å². The molecule has 0 amide bonds. The van der Waals surface area contributed by atoms with Crippen LogP contribution in [0.4, 0.5) is 0 Å². The molecule has 0 atom stereocenters. The summed E-state index contributed by atoms with van der Waals surface area (Å²) in [5.74, 6) is 0.259. The molecule has 7 nitrogen and oxygen atoms in total. The number of ketones is 1. The lowest BCUT2D eigenvalue weighted by Crippen LogP contribution is -2.09. The first-order valence-electron chi connectivity index (χ1n) is 7.07. The highest BCUT2D eigenvalue weighted by Gasteiger charge is 2.19. The van der Waals surface area contributed by atoms with Gasteiger partial charge in [0.15, 0.2) is 17.3 Å². The van der Waals surface area contributed by atoms with Gasteiger partial charge in [-0.1, -0.05) is 12.1 Å². The van der Waals surface area contributed by atoms with Crippen molar-refractivity contribution in [1.29, 1.82) is 0 Å². The van der Waals surface area contributed by atoms with Crippen LogP contribution in [0, 0.1) is 6.92 Å². The number of nitrogens with one attached hydrogen (secondary N) is 1. The number of allylic oxidation sites excluding steroid dienone is 1. The van der Waals surface area contributed by atoms with Crippen molar-refractivity contribution in [2.75, 3.05) is 7.11 Å². The van der Waals surface area contributed by atoms with E-state index in [1.54, 1.807) is 25.1 Å². The maximum Gasteiger partial charge on any atom is 0.262 e. The molecule has 0 aliphatic carbocycles. The molecule has 0 saturated carbocycles. The smallest absolute Gasteiger partial charge is 0.262 e. The van der Waals surface area contributed by atoms with Gasteiger partial charge in [0.2, 0.25) is 5.71 Å². The number of nitrogens with zero attached hydrogens (tertiary/aromatic N) is 1. The van der Waals surface area contributed by atoms with Crippen molar-refractivity contribution in [3.05, 3.63) is 57.8 Å². The van der Waals surface area contributed by atoms with Crippen LogP contribution in [0.2, 0.25) is 0 Å². The molecular weight excluding hydrogens is 312 g/mol. The van der Waals surface area contributed by atoms with E-state index < -0.39 is 5.56 Å². The van der Waals surface area contributed by atoms with E-state index in [9.17, 15) is 14.7 Å². The fourth-order valence-electron chi connectivity index (χ4n) is 2.40. The van der Waals surface area contributed by atoms with Crippen LogP contribution in [0.25, 0.3) is 17.2 Å². The van der Waals surface area contributed by atoms with E-state index >= 15 is 0 Å². The van der Waals surface area contributed by atoms with Crippen LogP contribution in [0.5, 0.6) is 11.5 Å². The molecule has 0 unspecified atom stereocenters. The number of carbonyl (C=O) groups excluding carboxylic acids is 1. The van der Waals surface area contributed by atoms with Crippen LogP contribution in [-0.2, 0) is 0 Å². The molecular formula is C17H14N2O5. The maximum atomic E-state index is 12.5. The van der Waals surface area contributed by atoms with Gasteiger partial charge < -0.3 is 19.2 Å². The van der Waals surface area contributed by atoms with Gasteiger partial charge in [-0.3, -0.25) is 9.59 Å². The van der Waals surface area contributed by atoms with Crippen LogP contribution < -0.4 is 10.3 Å². The summed E-state index contributed by atoms with van der Waals surface area (Å²) in [7, 11) is 1.44. The maximum absolute atomic E-state index is 12.5. The monoisotopic (exact) mass is 326 g/mol. The van der Waals surface area contributed by atoms with Gasteiger partial charge in [-0.05, 0) is 30.7 Å². The van der Waals surface area contributed by atoms with E-state index in [1.807, 2.05) is 0 Å². The molecule has 24 heavy (non-hydrogen) atoms. The minimum absolute atomic E-state index is 0.00950. The Kier molecular flexibility index (Phi) is 3.91. The lowest BCUT2D eigenvalue weighted by Gasteiger charge is -2.03. The van der Waals surface area contributed by atoms with E-state index in [4.69, 9.17) is 9.15 Å². The molecule has 0 spiro atoms. The van der Waals surface area contributed by atoms with Crippen molar-refractivity contribution >= 4 is 23.0 Å². The fraction of sp³-hybridized carbons (Fsp3) is 0.118. The Morgan fingerprint density at radius 1 is 1.42 bits per heavy atom. The molecule has 3 rings (SSSR count). The summed E-state index contributed by atoms with van der Waals surface area (Å²) in [6.07, 6.45) is 4.11. The molecule has 0 bridgehead atoms. The van der Waals surface area contributed by atoms with Crippen LogP contribution in [0.1, 0.15) is 21.7 Å². The Hall–Kier alpha value is -3.35. The fourth-order valence-corrected chi connectivity index (χ4v) is 2.40. The predicted molar refractivity (Wildman–Crippen MR) is 87.4 cm³/mol. The van der Waals surface area contributed by atoms with Gasteiger partial charge in [0.05, 0.1) is 19.0 Å². The normalized spacial score (nSPS) is 11.2. The summed E-state index contributed by atoms with van der Waals surface area (Å²) >= 11 is 0. The van der Waals surface area contributed by atoms with Crippen LogP contribution in [-0.4, -0.2) is 28.0 Å². The molecule has 1 aromatic carbocycles. The number of aromatic nitrogens is 2. The number of carbonyl (C=O) groups is 1. The van der Waals surface area contributed by atoms with Crippen molar-refractivity contribution in [2.24, 2.45) is 0 Å². The first-order chi connectivity index (χ1) is 11.5. The molecule has 0 radical (unpaired) electrons. The number of hydrogen-bond acceptors (Lipinski definition) is 6. The second-order valence-electron chi connectivity index (χ2n) is 5.07. The van der Waals surface area contributed by atoms with Crippen molar-refractivity contribution in [2.45, 2.75) is 6.92 Å². The first kappa shape index (κ1) is 15.5. The summed E-state index contributed by atoms with van der Waals surface area (Å²) in [5.41, 5.74) is 0.538. The number of furan rings is 1. The molecule has 0 saturated heterocycles. The predicted octanol–water partition coefficient (Wildman–Crippen LogP) is 2.43. The summed E-state index contributed by atoms with van der Waals surface area (Å²) in [5, 5.41) is 9.71. The van der Waals surface area contributed by atoms with E-state index in [-0.39, 0.29) is 28.2 Å². The third kappa shape index (κ3) is 2.67. The van der Waals surface area contributed by atoms with Crippen LogP contribution >= 0.6 is 0 Å². The number of hydrogen-bond donors (Lipinski definition) is 2. The van der Waals surface area contributed by atoms with Crippen molar-refractivity contribution < 1.29 is 19.1 Å². The zero-order chi connectivity index (χ0) is 17.3. The Morgan fingerprint density at radius 3 is 2.96 bits per heavy atom. The SMILES string of the molecule is COc1cc(/C=C/C(=O)c2c(C)oc3nc[nH]c(=O)c23)ccc1O. The van der Waals surface area contributed by atoms with Gasteiger partial charge >= 0.3 is 0 Å². The number of aryl methyl sites for hydroxylation is 1. The van der Waals surface area contributed by atoms with E-state index in [2.05, 4.69) is 9.97 Å². The zero-order valence-corrected chi connectivity index (χ0v) is 13.0. The molecule has 0 aliphatic heterocycles. The largest absolute Gasteiger partial charge is 0.504 e. The first-order valence-corrected chi connectivity index (χ1v) is 7.07. The third-order valence-electron chi connectivity index (χ3n) is 3.55. The Labute approximate surface area is 136 Å². The van der Waals surface area contributed by atoms with Gasteiger partial charge in [0.1, 0.15) is 11.1 Å². The van der Waals surface area contributed by atoms with Gasteiger partial charge in [-0.15, -0.1) is 0 Å². The minimum atomic E-state index is -0.431. The van der Waals surface area contributed by atoms with Gasteiger partial charge in [0, 0.05) is 0 Å². The number of phenolic OH excluding ortho intramolecular Hbond substituents is 1. The number of aromatic hydroxyl groups is 1. The zero-order valence-electron chi connectivity index (χ0n) is 13.0. The topological polar surface area (TPSA) is 105 Å². The highest BCUT2D eigenvalue weighted by molar-refractivity contribution is 6.14. The number of ether oxygens (including phenoxy) is 1. The van der Waals surface area contributed by atoms with Crippen molar-refractivity contribution in [1.82, 2.24) is 9.97 Å². The molecule has 122 valence electrons. The summed E-state index contributed by atoms with van der Waals surface area (Å²) in [6.45, 7) is 1.60. The Morgan fingerprint density at radius 2 is 2.21 bits per heavy atom. The summed E-state index contributed by atoms with van der Waals surface area (Å²) in [4.78, 5) is 30.8. The molecule has 2 aromatic heterocycles. The number of rotatable bonds is 4. The third-order valence-corrected chi connectivity index (χ3v) is 3.55. The highest BCUT2D eigenvalue weighted by Crippen LogP contribution is 2.27. The van der Waals surface area contributed by atoms with Gasteiger partial charge in [-0.2, -0.15) is 0 Å². The number of methoxy groups -OCH3 is 1. The summed E-state index contributed by atoms with van der Waals surface area (Å²) < 4.78 is 10.4. The second kappa shape index (κ2) is 6.04. The van der Waals surface area contributed by atoms with Gasteiger partial charge in [-0.25, -0.2) is 4.98 Å². The minimum Gasteiger partial charge on any atom is -0.504 e. The van der Waals surface area contributed by atoms with Crippen molar-refractivity contribution in [3.63, 3.8) is 0 Å². The lowest BCUT2D eigenvalue weighted by atomic mass is 10.1. The number of fused-ring (bicyclic) bond motifs is 1. The number of benzene rings is 1. The quantitative estimate of drug-likeness (QED) is 0.563. The Bertz CT molecular complexity index is 1010. The standard InChI is InChI=1S/C17H14N2O5/c1-9-14(15-16(22)18-8-19-17(15)24-9)12(21)6-4-10-3-5-11(20)13(7-10)23-2/h3-8,20H,1-2H3,(H,18,19,22)/b6-4+. The van der Waals surface area contributed by atoms with Crippen LogP contribution in [0.15, 0.2) is 39.8 Å². The molecule has 7 heteroatoms. The molecule has 0 aliphatic rings. The van der Waals surface area contributed by atoms with E-state index in [0.29, 0.717) is 17.1 Å². The molecule has 2 heterocycles. The average molecular weight is 326 g/mol. The van der Waals surface area contributed by atoms with Gasteiger partial charge in [0.25, 0.3) is 5.56 Å². The second-order valence-corrected chi connectivity index (χ2v) is 5.07.